The minimum atomic E-state index is -3.75. The Morgan fingerprint density at radius 1 is 1.06 bits per heavy atom. The van der Waals surface area contributed by atoms with E-state index in [0.717, 1.165) is 33.7 Å². The zero-order valence-electron chi connectivity index (χ0n) is 20.8. The second-order valence-electron chi connectivity index (χ2n) is 8.45. The number of rotatable bonds is 11. The Hall–Kier alpha value is -3.07. The van der Waals surface area contributed by atoms with Crippen molar-refractivity contribution >= 4 is 27.5 Å². The number of carbonyl (C=O) groups is 2. The summed E-state index contributed by atoms with van der Waals surface area (Å²) in [5.74, 6) is -0.0889. The molecule has 0 saturated heterocycles. The summed E-state index contributed by atoms with van der Waals surface area (Å²) in [5, 5.41) is 2.82. The highest BCUT2D eigenvalue weighted by Gasteiger charge is 2.30. The van der Waals surface area contributed by atoms with Gasteiger partial charge in [-0.1, -0.05) is 25.1 Å². The number of benzene rings is 2. The third kappa shape index (κ3) is 7.48. The van der Waals surface area contributed by atoms with E-state index in [1.165, 1.54) is 4.90 Å². The van der Waals surface area contributed by atoms with E-state index in [-0.39, 0.29) is 12.5 Å². The Balaban J connectivity index is 2.39. The van der Waals surface area contributed by atoms with Crippen molar-refractivity contribution in [1.29, 1.82) is 0 Å². The lowest BCUT2D eigenvalue weighted by Crippen LogP contribution is -2.51. The van der Waals surface area contributed by atoms with Crippen LogP contribution in [0, 0.1) is 13.8 Å². The van der Waals surface area contributed by atoms with E-state index >= 15 is 0 Å². The molecule has 2 amide bonds. The highest BCUT2D eigenvalue weighted by molar-refractivity contribution is 7.92. The number of methoxy groups -OCH3 is 1. The molecule has 0 unspecified atom stereocenters. The molecule has 0 heterocycles. The summed E-state index contributed by atoms with van der Waals surface area (Å²) in [6, 6.07) is 11.8. The molecule has 34 heavy (non-hydrogen) atoms. The van der Waals surface area contributed by atoms with Crippen LogP contribution in [-0.2, 0) is 26.2 Å². The number of hydrogen-bond acceptors (Lipinski definition) is 5. The van der Waals surface area contributed by atoms with Crippen molar-refractivity contribution in [3.05, 3.63) is 59.2 Å². The predicted octanol–water partition coefficient (Wildman–Crippen LogP) is 3.02. The molecule has 2 rings (SSSR count). The highest BCUT2D eigenvalue weighted by Crippen LogP contribution is 2.22. The van der Waals surface area contributed by atoms with Gasteiger partial charge in [-0.2, -0.15) is 0 Å². The summed E-state index contributed by atoms with van der Waals surface area (Å²) >= 11 is 0. The smallest absolute Gasteiger partial charge is 0.244 e. The molecular formula is C25H35N3O5S. The third-order valence-corrected chi connectivity index (χ3v) is 6.54. The summed E-state index contributed by atoms with van der Waals surface area (Å²) in [4.78, 5) is 27.6. The lowest BCUT2D eigenvalue weighted by atomic mass is 10.1. The van der Waals surface area contributed by atoms with Gasteiger partial charge in [-0.3, -0.25) is 13.9 Å². The van der Waals surface area contributed by atoms with Gasteiger partial charge in [0.1, 0.15) is 18.3 Å². The van der Waals surface area contributed by atoms with Crippen LogP contribution in [-0.4, -0.2) is 57.6 Å². The zero-order chi connectivity index (χ0) is 25.5. The van der Waals surface area contributed by atoms with Gasteiger partial charge in [0.25, 0.3) is 0 Å². The molecule has 0 bridgehead atoms. The summed E-state index contributed by atoms with van der Waals surface area (Å²) in [6.45, 7) is 7.56. The van der Waals surface area contributed by atoms with Crippen molar-refractivity contribution in [2.24, 2.45) is 0 Å². The molecule has 0 saturated carbocycles. The van der Waals surface area contributed by atoms with Crippen LogP contribution in [0.2, 0.25) is 0 Å². The van der Waals surface area contributed by atoms with Crippen molar-refractivity contribution in [3.8, 4) is 5.75 Å². The van der Waals surface area contributed by atoms with Crippen LogP contribution >= 0.6 is 0 Å². The fraction of sp³-hybridized carbons (Fsp3) is 0.440. The third-order valence-electron chi connectivity index (χ3n) is 5.40. The van der Waals surface area contributed by atoms with Crippen LogP contribution in [0.15, 0.2) is 42.5 Å². The molecule has 0 aliphatic carbocycles. The van der Waals surface area contributed by atoms with Gasteiger partial charge in [-0.15, -0.1) is 0 Å². The number of nitrogens with one attached hydrogen (secondary N) is 1. The van der Waals surface area contributed by atoms with Crippen LogP contribution < -0.4 is 14.4 Å². The van der Waals surface area contributed by atoms with Gasteiger partial charge in [0.15, 0.2) is 0 Å². The van der Waals surface area contributed by atoms with E-state index in [0.29, 0.717) is 18.0 Å². The number of amides is 2. The SMILES string of the molecule is CCCNC(=O)[C@H](C)N(Cc1ccc(OC)cc1)C(=O)CN(c1cc(C)cc(C)c1)S(C)(=O)=O. The first-order chi connectivity index (χ1) is 16.0. The summed E-state index contributed by atoms with van der Waals surface area (Å²) in [6.07, 6.45) is 1.84. The van der Waals surface area contributed by atoms with Gasteiger partial charge in [0, 0.05) is 13.1 Å². The Morgan fingerprint density at radius 2 is 1.65 bits per heavy atom. The standard InChI is InChI=1S/C25H35N3O5S/c1-7-12-26-25(30)20(4)27(16-21-8-10-23(33-5)11-9-21)24(29)17-28(34(6,31)32)22-14-18(2)13-19(3)15-22/h8-11,13-15,20H,7,12,16-17H2,1-6H3,(H,26,30)/t20-/m0/s1. The maximum Gasteiger partial charge on any atom is 0.244 e. The van der Waals surface area contributed by atoms with Gasteiger partial charge < -0.3 is 15.0 Å². The second kappa shape index (κ2) is 11.9. The molecule has 2 aromatic carbocycles. The van der Waals surface area contributed by atoms with Crippen molar-refractivity contribution in [1.82, 2.24) is 10.2 Å². The van der Waals surface area contributed by atoms with Crippen LogP contribution in [0.3, 0.4) is 0 Å². The molecule has 0 fully saturated rings. The van der Waals surface area contributed by atoms with E-state index in [1.807, 2.05) is 39.0 Å². The molecule has 1 atom stereocenters. The monoisotopic (exact) mass is 489 g/mol. The number of ether oxygens (including phenoxy) is 1. The van der Waals surface area contributed by atoms with Crippen molar-refractivity contribution < 1.29 is 22.7 Å². The van der Waals surface area contributed by atoms with E-state index in [1.54, 1.807) is 38.3 Å². The summed E-state index contributed by atoms with van der Waals surface area (Å²) in [7, 11) is -2.19. The number of sulfonamides is 1. The molecule has 1 N–H and O–H groups in total. The van der Waals surface area contributed by atoms with E-state index in [9.17, 15) is 18.0 Å². The fourth-order valence-corrected chi connectivity index (χ4v) is 4.45. The number of hydrogen-bond donors (Lipinski definition) is 1. The maximum atomic E-state index is 13.5. The molecule has 186 valence electrons. The Bertz CT molecular complexity index is 1080. The molecule has 0 aliphatic heterocycles. The van der Waals surface area contributed by atoms with E-state index < -0.39 is 28.5 Å². The van der Waals surface area contributed by atoms with Gasteiger partial charge >= 0.3 is 0 Å². The molecule has 9 heteroatoms. The lowest BCUT2D eigenvalue weighted by Gasteiger charge is -2.31. The first-order valence-electron chi connectivity index (χ1n) is 11.2. The van der Waals surface area contributed by atoms with Crippen LogP contribution in [0.5, 0.6) is 5.75 Å². The van der Waals surface area contributed by atoms with Crippen molar-refractivity contribution in [3.63, 3.8) is 0 Å². The largest absolute Gasteiger partial charge is 0.497 e. The van der Waals surface area contributed by atoms with E-state index in [2.05, 4.69) is 5.32 Å². The fourth-order valence-electron chi connectivity index (χ4n) is 3.61. The second-order valence-corrected chi connectivity index (χ2v) is 10.4. The minimum Gasteiger partial charge on any atom is -0.497 e. The van der Waals surface area contributed by atoms with E-state index in [4.69, 9.17) is 4.74 Å². The maximum absolute atomic E-state index is 13.5. The zero-order valence-corrected chi connectivity index (χ0v) is 21.6. The number of aryl methyl sites for hydroxylation is 2. The summed E-state index contributed by atoms with van der Waals surface area (Å²) < 4.78 is 31.6. The number of carbonyl (C=O) groups excluding carboxylic acids is 2. The Morgan fingerprint density at radius 3 is 2.15 bits per heavy atom. The molecule has 0 aromatic heterocycles. The Labute approximate surface area is 202 Å². The minimum absolute atomic E-state index is 0.147. The molecular weight excluding hydrogens is 454 g/mol. The van der Waals surface area contributed by atoms with Gasteiger partial charge in [0.05, 0.1) is 19.1 Å². The average Bonchev–Trinajstić information content (AvgIpc) is 2.77. The van der Waals surface area contributed by atoms with Gasteiger partial charge in [0.2, 0.25) is 21.8 Å². The first-order valence-corrected chi connectivity index (χ1v) is 13.1. The van der Waals surface area contributed by atoms with Gasteiger partial charge in [-0.05, 0) is 68.1 Å². The van der Waals surface area contributed by atoms with Crippen molar-refractivity contribution in [2.45, 2.75) is 46.7 Å². The van der Waals surface area contributed by atoms with Gasteiger partial charge in [-0.25, -0.2) is 8.42 Å². The normalized spacial score (nSPS) is 12.1. The molecule has 0 spiro atoms. The highest BCUT2D eigenvalue weighted by atomic mass is 32.2. The average molecular weight is 490 g/mol. The number of anilines is 1. The summed E-state index contributed by atoms with van der Waals surface area (Å²) in [5.41, 5.74) is 2.99. The Kier molecular flexibility index (Phi) is 9.49. The lowest BCUT2D eigenvalue weighted by molar-refractivity contribution is -0.139. The molecule has 8 nitrogen and oxygen atoms in total. The number of nitrogens with zero attached hydrogens (tertiary/aromatic N) is 2. The molecule has 2 aromatic rings. The van der Waals surface area contributed by atoms with Crippen molar-refractivity contribution in [2.75, 3.05) is 30.8 Å². The molecule has 0 aliphatic rings. The molecule has 0 radical (unpaired) electrons. The first kappa shape index (κ1) is 27.2. The topological polar surface area (TPSA) is 96.0 Å². The van der Waals surface area contributed by atoms with Crippen LogP contribution in [0.25, 0.3) is 0 Å². The quantitative estimate of drug-likeness (QED) is 0.523. The van der Waals surface area contributed by atoms with Crippen LogP contribution in [0.4, 0.5) is 5.69 Å². The predicted molar refractivity (Wildman–Crippen MR) is 134 cm³/mol. The van der Waals surface area contributed by atoms with Crippen LogP contribution in [0.1, 0.15) is 37.0 Å².